The highest BCUT2D eigenvalue weighted by Gasteiger charge is 2.22. The van der Waals surface area contributed by atoms with Crippen molar-refractivity contribution in [3.8, 4) is 0 Å². The second-order valence-corrected chi connectivity index (χ2v) is 8.80. The number of carbonyl (C=O) groups excluding carboxylic acids is 1. The lowest BCUT2D eigenvalue weighted by Gasteiger charge is -2.22. The molecule has 5 nitrogen and oxygen atoms in total. The molecule has 1 atom stereocenters. The number of nitrogens with two attached hydrogens (primary N) is 1. The highest BCUT2D eigenvalue weighted by Crippen LogP contribution is 2.25. The third-order valence-corrected chi connectivity index (χ3v) is 5.21. The van der Waals surface area contributed by atoms with Crippen molar-refractivity contribution < 1.29 is 10.1 Å². The van der Waals surface area contributed by atoms with Gasteiger partial charge >= 0.3 is 0 Å². The van der Waals surface area contributed by atoms with Crippen molar-refractivity contribution in [2.24, 2.45) is 13.0 Å². The summed E-state index contributed by atoms with van der Waals surface area (Å²) in [6.45, 7) is 15.3. The van der Waals surface area contributed by atoms with Gasteiger partial charge in [-0.15, -0.1) is 0 Å². The molecule has 2 rings (SSSR count). The van der Waals surface area contributed by atoms with Crippen LogP contribution in [0.25, 0.3) is 0 Å². The van der Waals surface area contributed by atoms with Crippen molar-refractivity contribution in [1.82, 2.24) is 9.78 Å². The molecule has 0 bridgehead atoms. The topological polar surface area (TPSA) is 63.5 Å². The van der Waals surface area contributed by atoms with Crippen molar-refractivity contribution in [2.45, 2.75) is 59.9 Å². The zero-order valence-corrected chi connectivity index (χ0v) is 18.1. The third kappa shape index (κ3) is 5.19. The summed E-state index contributed by atoms with van der Waals surface area (Å²) in [5.41, 5.74) is 5.38. The lowest BCUT2D eigenvalue weighted by molar-refractivity contribution is -0.692. The number of hydrogen-bond acceptors (Lipinski definition) is 2. The quantitative estimate of drug-likeness (QED) is 0.819. The van der Waals surface area contributed by atoms with Gasteiger partial charge in [0.25, 0.3) is 5.91 Å². The summed E-state index contributed by atoms with van der Waals surface area (Å²) in [6.07, 6.45) is 0. The van der Waals surface area contributed by atoms with Gasteiger partial charge in [-0.2, -0.15) is 5.10 Å². The summed E-state index contributed by atoms with van der Waals surface area (Å²) < 4.78 is 1.79. The number of benzene rings is 1. The molecule has 0 aliphatic carbocycles. The predicted molar refractivity (Wildman–Crippen MR) is 111 cm³/mol. The lowest BCUT2D eigenvalue weighted by Crippen LogP contribution is -2.88. The molecule has 0 fully saturated rings. The maximum atomic E-state index is 12.5. The lowest BCUT2D eigenvalue weighted by atomic mass is 9.85. The SMILES string of the molecule is Cc1nn(C)c(C)c1NC(=O)C[NH2+][C@H](c1ccc(C(C)(C)C)cc1)C(C)C. The second kappa shape index (κ2) is 8.26. The van der Waals surface area contributed by atoms with Crippen LogP contribution in [0.1, 0.15) is 63.2 Å². The van der Waals surface area contributed by atoms with Crippen LogP contribution in [-0.4, -0.2) is 22.2 Å². The van der Waals surface area contributed by atoms with E-state index in [4.69, 9.17) is 0 Å². The normalized spacial score (nSPS) is 13.1. The van der Waals surface area contributed by atoms with Crippen LogP contribution in [-0.2, 0) is 17.3 Å². The fourth-order valence-corrected chi connectivity index (χ4v) is 3.38. The van der Waals surface area contributed by atoms with E-state index in [-0.39, 0.29) is 17.4 Å². The Balaban J connectivity index is 2.05. The highest BCUT2D eigenvalue weighted by atomic mass is 16.1. The minimum Gasteiger partial charge on any atom is -0.332 e. The molecule has 27 heavy (non-hydrogen) atoms. The van der Waals surface area contributed by atoms with Crippen LogP contribution in [0, 0.1) is 19.8 Å². The van der Waals surface area contributed by atoms with Crippen LogP contribution in [0.15, 0.2) is 24.3 Å². The zero-order valence-electron chi connectivity index (χ0n) is 18.1. The zero-order chi connectivity index (χ0) is 20.4. The molecule has 1 aromatic carbocycles. The van der Waals surface area contributed by atoms with E-state index in [1.165, 1.54) is 11.1 Å². The molecule has 0 saturated heterocycles. The Morgan fingerprint density at radius 3 is 2.22 bits per heavy atom. The van der Waals surface area contributed by atoms with E-state index < -0.39 is 0 Å². The van der Waals surface area contributed by atoms with Gasteiger partial charge in [-0.1, -0.05) is 58.9 Å². The van der Waals surface area contributed by atoms with E-state index in [9.17, 15) is 4.79 Å². The minimum atomic E-state index is 0.00571. The first-order valence-corrected chi connectivity index (χ1v) is 9.74. The first kappa shape index (κ1) is 21.2. The molecular weight excluding hydrogens is 336 g/mol. The number of rotatable bonds is 6. The van der Waals surface area contributed by atoms with Gasteiger partial charge in [0.1, 0.15) is 6.04 Å². The van der Waals surface area contributed by atoms with Crippen molar-refractivity contribution in [3.05, 3.63) is 46.8 Å². The first-order chi connectivity index (χ1) is 12.5. The number of nitrogens with zero attached hydrogens (tertiary/aromatic N) is 2. The van der Waals surface area contributed by atoms with Crippen LogP contribution >= 0.6 is 0 Å². The average Bonchev–Trinajstić information content (AvgIpc) is 2.80. The molecule has 3 N–H and O–H groups in total. The average molecular weight is 372 g/mol. The number of anilines is 1. The fraction of sp³-hybridized carbons (Fsp3) is 0.545. The summed E-state index contributed by atoms with van der Waals surface area (Å²) in [7, 11) is 1.89. The van der Waals surface area contributed by atoms with E-state index in [0.29, 0.717) is 12.5 Å². The number of amides is 1. The molecular formula is C22H35N4O+. The molecule has 0 unspecified atom stereocenters. The highest BCUT2D eigenvalue weighted by molar-refractivity contribution is 5.92. The van der Waals surface area contributed by atoms with E-state index in [1.54, 1.807) is 4.68 Å². The van der Waals surface area contributed by atoms with E-state index >= 15 is 0 Å². The van der Waals surface area contributed by atoms with Crippen molar-refractivity contribution in [3.63, 3.8) is 0 Å². The molecule has 0 radical (unpaired) electrons. The van der Waals surface area contributed by atoms with Gasteiger partial charge in [0, 0.05) is 18.5 Å². The van der Waals surface area contributed by atoms with E-state index in [0.717, 1.165) is 17.1 Å². The van der Waals surface area contributed by atoms with Crippen LogP contribution < -0.4 is 10.6 Å². The number of aryl methyl sites for hydroxylation is 2. The van der Waals surface area contributed by atoms with Crippen LogP contribution in [0.2, 0.25) is 0 Å². The van der Waals surface area contributed by atoms with Crippen LogP contribution in [0.4, 0.5) is 5.69 Å². The van der Waals surface area contributed by atoms with Crippen molar-refractivity contribution in [1.29, 1.82) is 0 Å². The monoisotopic (exact) mass is 371 g/mol. The van der Waals surface area contributed by atoms with Crippen molar-refractivity contribution in [2.75, 3.05) is 11.9 Å². The molecule has 5 heteroatoms. The maximum Gasteiger partial charge on any atom is 0.279 e. The number of hydrogen-bond donors (Lipinski definition) is 2. The molecule has 0 aliphatic heterocycles. The van der Waals surface area contributed by atoms with Crippen LogP contribution in [0.3, 0.4) is 0 Å². The summed E-state index contributed by atoms with van der Waals surface area (Å²) >= 11 is 0. The Hall–Kier alpha value is -2.14. The molecule has 2 aromatic rings. The molecule has 0 aliphatic rings. The van der Waals surface area contributed by atoms with Crippen molar-refractivity contribution >= 4 is 11.6 Å². The fourth-order valence-electron chi connectivity index (χ4n) is 3.38. The van der Waals surface area contributed by atoms with Gasteiger partial charge < -0.3 is 10.6 Å². The van der Waals surface area contributed by atoms with Gasteiger partial charge in [0.15, 0.2) is 6.54 Å². The smallest absolute Gasteiger partial charge is 0.279 e. The van der Waals surface area contributed by atoms with Crippen LogP contribution in [0.5, 0.6) is 0 Å². The van der Waals surface area contributed by atoms with E-state index in [1.807, 2.05) is 20.9 Å². The third-order valence-electron chi connectivity index (χ3n) is 5.21. The molecule has 148 valence electrons. The molecule has 1 heterocycles. The summed E-state index contributed by atoms with van der Waals surface area (Å²) in [4.78, 5) is 12.5. The molecule has 1 aromatic heterocycles. The first-order valence-electron chi connectivity index (χ1n) is 9.74. The second-order valence-electron chi connectivity index (χ2n) is 8.80. The Bertz CT molecular complexity index is 782. The standard InChI is InChI=1S/C22H34N4O/c1-14(2)20(17-9-11-18(12-10-17)22(5,6)7)23-13-19(27)24-21-15(3)25-26(8)16(21)4/h9-12,14,20,23H,13H2,1-8H3,(H,24,27)/p+1/t20-/m0/s1. The molecule has 1 amide bonds. The summed E-state index contributed by atoms with van der Waals surface area (Å²) in [5, 5.41) is 9.51. The largest absolute Gasteiger partial charge is 0.332 e. The minimum absolute atomic E-state index is 0.00571. The van der Waals surface area contributed by atoms with Gasteiger partial charge in [0.05, 0.1) is 17.1 Å². The number of aromatic nitrogens is 2. The van der Waals surface area contributed by atoms with Gasteiger partial charge in [-0.05, 0) is 24.8 Å². The number of quaternary nitrogens is 1. The van der Waals surface area contributed by atoms with Gasteiger partial charge in [-0.25, -0.2) is 0 Å². The summed E-state index contributed by atoms with van der Waals surface area (Å²) in [5.74, 6) is 0.436. The number of carbonyl (C=O) groups is 1. The van der Waals surface area contributed by atoms with Gasteiger partial charge in [-0.3, -0.25) is 9.48 Å². The van der Waals surface area contributed by atoms with Gasteiger partial charge in [0.2, 0.25) is 0 Å². The summed E-state index contributed by atoms with van der Waals surface area (Å²) in [6, 6.07) is 9.08. The Morgan fingerprint density at radius 2 is 1.78 bits per heavy atom. The Morgan fingerprint density at radius 1 is 1.19 bits per heavy atom. The van der Waals surface area contributed by atoms with E-state index in [2.05, 4.69) is 74.6 Å². The molecule has 0 saturated carbocycles. The molecule has 0 spiro atoms. The maximum absolute atomic E-state index is 12.5. The number of nitrogens with one attached hydrogen (secondary N) is 1. The Labute approximate surface area is 163 Å². The Kier molecular flexibility index (Phi) is 6.47. The predicted octanol–water partition coefficient (Wildman–Crippen LogP) is 3.23.